The number of hydrogen-bond acceptors (Lipinski definition) is 8. The number of carbonyl (C=O) groups is 1. The Kier molecular flexibility index (Phi) is 5.14. The van der Waals surface area contributed by atoms with Gasteiger partial charge in [-0.25, -0.2) is 9.78 Å². The van der Waals surface area contributed by atoms with Gasteiger partial charge in [-0.3, -0.25) is 10.1 Å². The molecule has 1 aromatic heterocycles. The molecule has 1 N–H and O–H groups in total. The predicted octanol–water partition coefficient (Wildman–Crippen LogP) is 2.79. The van der Waals surface area contributed by atoms with Crippen LogP contribution in [-0.2, 0) is 9.53 Å². The Morgan fingerprint density at radius 2 is 2.12 bits per heavy atom. The van der Waals surface area contributed by atoms with Gasteiger partial charge in [-0.15, -0.1) is 11.3 Å². The maximum absolute atomic E-state index is 12.0. The van der Waals surface area contributed by atoms with Gasteiger partial charge in [0, 0.05) is 17.1 Å². The number of nitro benzene ring substituents is 1. The average Bonchev–Trinajstić information content (AvgIpc) is 2.98. The van der Waals surface area contributed by atoms with E-state index in [1.807, 2.05) is 0 Å². The number of aryl methyl sites for hydroxylation is 1. The van der Waals surface area contributed by atoms with Crippen LogP contribution in [0.4, 0.5) is 5.69 Å². The molecule has 8 nitrogen and oxygen atoms in total. The third-order valence-electron chi connectivity index (χ3n) is 3.06. The highest BCUT2D eigenvalue weighted by molar-refractivity contribution is 7.11. The van der Waals surface area contributed by atoms with Crippen molar-refractivity contribution in [3.8, 4) is 11.5 Å². The number of phenols is 1. The third kappa shape index (κ3) is 3.51. The molecule has 0 aliphatic rings. The van der Waals surface area contributed by atoms with Crippen LogP contribution in [-0.4, -0.2) is 35.2 Å². The van der Waals surface area contributed by atoms with Crippen molar-refractivity contribution in [1.29, 1.82) is 0 Å². The van der Waals surface area contributed by atoms with E-state index in [2.05, 4.69) is 4.98 Å². The minimum atomic E-state index is -0.736. The van der Waals surface area contributed by atoms with Crippen LogP contribution in [0.15, 0.2) is 17.5 Å². The molecule has 0 radical (unpaired) electrons. The van der Waals surface area contributed by atoms with Gasteiger partial charge in [0.25, 0.3) is 0 Å². The van der Waals surface area contributed by atoms with Crippen molar-refractivity contribution in [2.75, 3.05) is 14.2 Å². The molecular formula is C15H14N2O6S. The first-order chi connectivity index (χ1) is 11.4. The SMILES string of the molecule is COC(=O)/C(=C\c1cc(OC)c(O)c([N+](=O)[O-])c1)c1nc(C)cs1. The quantitative estimate of drug-likeness (QED) is 0.382. The van der Waals surface area contributed by atoms with Gasteiger partial charge in [0.15, 0.2) is 5.75 Å². The maximum atomic E-state index is 12.0. The van der Waals surface area contributed by atoms with Gasteiger partial charge in [0.1, 0.15) is 5.01 Å². The van der Waals surface area contributed by atoms with Gasteiger partial charge in [0.05, 0.1) is 24.7 Å². The highest BCUT2D eigenvalue weighted by Crippen LogP contribution is 2.38. The van der Waals surface area contributed by atoms with Gasteiger partial charge in [0.2, 0.25) is 5.75 Å². The minimum absolute atomic E-state index is 0.0741. The zero-order chi connectivity index (χ0) is 17.9. The third-order valence-corrected chi connectivity index (χ3v) is 4.05. The molecule has 1 heterocycles. The van der Waals surface area contributed by atoms with Crippen LogP contribution < -0.4 is 4.74 Å². The molecule has 0 spiro atoms. The van der Waals surface area contributed by atoms with Gasteiger partial charge in [-0.1, -0.05) is 0 Å². The predicted molar refractivity (Wildman–Crippen MR) is 88.1 cm³/mol. The topological polar surface area (TPSA) is 112 Å². The van der Waals surface area contributed by atoms with Crippen molar-refractivity contribution in [3.05, 3.63) is 43.9 Å². The van der Waals surface area contributed by atoms with E-state index in [9.17, 15) is 20.0 Å². The summed E-state index contributed by atoms with van der Waals surface area (Å²) in [7, 11) is 2.51. The highest BCUT2D eigenvalue weighted by Gasteiger charge is 2.21. The van der Waals surface area contributed by atoms with E-state index in [0.717, 1.165) is 11.8 Å². The summed E-state index contributed by atoms with van der Waals surface area (Å²) < 4.78 is 9.69. The first-order valence-electron chi connectivity index (χ1n) is 6.65. The summed E-state index contributed by atoms with van der Waals surface area (Å²) in [6.07, 6.45) is 1.40. The zero-order valence-corrected chi connectivity index (χ0v) is 13.9. The van der Waals surface area contributed by atoms with Gasteiger partial charge in [-0.2, -0.15) is 0 Å². The molecule has 126 valence electrons. The number of carbonyl (C=O) groups excluding carboxylic acids is 1. The molecular weight excluding hydrogens is 336 g/mol. The lowest BCUT2D eigenvalue weighted by atomic mass is 10.1. The number of esters is 1. The molecule has 0 aliphatic carbocycles. The number of hydrogen-bond donors (Lipinski definition) is 1. The average molecular weight is 350 g/mol. The summed E-state index contributed by atoms with van der Waals surface area (Å²) in [5.41, 5.74) is 0.654. The fourth-order valence-corrected chi connectivity index (χ4v) is 2.76. The number of phenolic OH excluding ortho intramolecular Hbond substituents is 1. The lowest BCUT2D eigenvalue weighted by Crippen LogP contribution is -2.04. The summed E-state index contributed by atoms with van der Waals surface area (Å²) >= 11 is 1.25. The van der Waals surface area contributed by atoms with Crippen LogP contribution in [0.5, 0.6) is 11.5 Å². The number of nitrogens with zero attached hydrogens (tertiary/aromatic N) is 2. The molecule has 0 fully saturated rings. The van der Waals surface area contributed by atoms with Gasteiger partial charge >= 0.3 is 11.7 Å². The summed E-state index contributed by atoms with van der Waals surface area (Å²) in [6.45, 7) is 1.78. The van der Waals surface area contributed by atoms with Gasteiger partial charge < -0.3 is 14.6 Å². The molecule has 0 atom stereocenters. The van der Waals surface area contributed by atoms with E-state index in [0.29, 0.717) is 10.6 Å². The van der Waals surface area contributed by atoms with E-state index in [-0.39, 0.29) is 11.3 Å². The van der Waals surface area contributed by atoms with Crippen LogP contribution in [0.25, 0.3) is 11.6 Å². The van der Waals surface area contributed by atoms with Crippen molar-refractivity contribution in [2.24, 2.45) is 0 Å². The summed E-state index contributed by atoms with van der Waals surface area (Å²) in [4.78, 5) is 26.6. The summed E-state index contributed by atoms with van der Waals surface area (Å²) in [6, 6.07) is 2.52. The van der Waals surface area contributed by atoms with Crippen molar-refractivity contribution in [1.82, 2.24) is 4.98 Å². The molecule has 2 rings (SSSR count). The normalized spacial score (nSPS) is 11.2. The number of ether oxygens (including phenoxy) is 2. The Labute approximate surface area is 141 Å². The lowest BCUT2D eigenvalue weighted by molar-refractivity contribution is -0.386. The first kappa shape index (κ1) is 17.4. The molecule has 24 heavy (non-hydrogen) atoms. The molecule has 0 saturated heterocycles. The minimum Gasteiger partial charge on any atom is -0.500 e. The number of thiazole rings is 1. The second-order valence-electron chi connectivity index (χ2n) is 4.69. The van der Waals surface area contributed by atoms with Crippen LogP contribution in [0.2, 0.25) is 0 Å². The smallest absolute Gasteiger partial charge is 0.340 e. The molecule has 9 heteroatoms. The van der Waals surface area contributed by atoms with Crippen LogP contribution in [0, 0.1) is 17.0 Å². The van der Waals surface area contributed by atoms with Gasteiger partial charge in [-0.05, 0) is 24.6 Å². The lowest BCUT2D eigenvalue weighted by Gasteiger charge is -2.07. The molecule has 0 saturated carbocycles. The highest BCUT2D eigenvalue weighted by atomic mass is 32.1. The number of methoxy groups -OCH3 is 2. The Balaban J connectivity index is 2.62. The van der Waals surface area contributed by atoms with Crippen LogP contribution in [0.3, 0.4) is 0 Å². The molecule has 2 aromatic rings. The number of rotatable bonds is 5. The molecule has 0 bridgehead atoms. The van der Waals surface area contributed by atoms with Crippen molar-refractivity contribution >= 4 is 34.6 Å². The van der Waals surface area contributed by atoms with Crippen molar-refractivity contribution in [3.63, 3.8) is 0 Å². The molecule has 1 aromatic carbocycles. The molecule has 0 aliphatic heterocycles. The summed E-state index contributed by atoms with van der Waals surface area (Å²) in [5, 5.41) is 23.1. The standard InChI is InChI=1S/C15H14N2O6S/c1-8-7-24-14(16-8)10(15(19)23-3)4-9-5-11(17(20)21)13(18)12(6-9)22-2/h4-7,18H,1-3H3/b10-4-. The second-order valence-corrected chi connectivity index (χ2v) is 5.55. The molecule has 0 amide bonds. The second kappa shape index (κ2) is 7.09. The fourth-order valence-electron chi connectivity index (χ4n) is 1.95. The van der Waals surface area contributed by atoms with E-state index >= 15 is 0 Å². The van der Waals surface area contributed by atoms with Crippen molar-refractivity contribution in [2.45, 2.75) is 6.92 Å². The van der Waals surface area contributed by atoms with E-state index in [1.54, 1.807) is 12.3 Å². The van der Waals surface area contributed by atoms with Crippen LogP contribution >= 0.6 is 11.3 Å². The van der Waals surface area contributed by atoms with E-state index in [1.165, 1.54) is 37.7 Å². The fraction of sp³-hybridized carbons (Fsp3) is 0.200. The van der Waals surface area contributed by atoms with E-state index < -0.39 is 22.3 Å². The first-order valence-corrected chi connectivity index (χ1v) is 7.53. The van der Waals surface area contributed by atoms with Crippen LogP contribution in [0.1, 0.15) is 16.3 Å². The Morgan fingerprint density at radius 3 is 2.62 bits per heavy atom. The maximum Gasteiger partial charge on any atom is 0.340 e. The number of aromatic nitrogens is 1. The largest absolute Gasteiger partial charge is 0.500 e. The Bertz CT molecular complexity index is 827. The Morgan fingerprint density at radius 1 is 1.42 bits per heavy atom. The Hall–Kier alpha value is -2.94. The number of nitro groups is 1. The van der Waals surface area contributed by atoms with E-state index in [4.69, 9.17) is 9.47 Å². The van der Waals surface area contributed by atoms with Crippen molar-refractivity contribution < 1.29 is 24.3 Å². The summed E-state index contributed by atoms with van der Waals surface area (Å²) in [5.74, 6) is -1.28. The number of benzene rings is 1. The molecule has 0 unspecified atom stereocenters. The monoisotopic (exact) mass is 350 g/mol. The zero-order valence-electron chi connectivity index (χ0n) is 13.1. The number of aromatic hydroxyl groups is 1.